The quantitative estimate of drug-likeness (QED) is 0.301. The summed E-state index contributed by atoms with van der Waals surface area (Å²) in [4.78, 5) is 28.0. The predicted molar refractivity (Wildman–Crippen MR) is 152 cm³/mol. The number of nitrogens with one attached hydrogen (secondary N) is 1. The smallest absolute Gasteiger partial charge is 0.242 e. The highest BCUT2D eigenvalue weighted by atomic mass is 35.5. The average molecular weight is 571 g/mol. The van der Waals surface area contributed by atoms with Crippen molar-refractivity contribution in [3.8, 4) is 0 Å². The minimum Gasteiger partial charge on any atom is -0.354 e. The van der Waals surface area contributed by atoms with Crippen molar-refractivity contribution in [3.05, 3.63) is 63.6 Å². The molecular weight excluding hydrogens is 533 g/mol. The van der Waals surface area contributed by atoms with Gasteiger partial charge in [-0.05, 0) is 50.5 Å². The maximum Gasteiger partial charge on any atom is 0.242 e. The Kier molecular flexibility index (Phi) is 12.2. The van der Waals surface area contributed by atoms with Crippen LogP contribution in [-0.2, 0) is 26.2 Å². The van der Waals surface area contributed by atoms with Gasteiger partial charge in [-0.1, -0.05) is 67.2 Å². The first-order valence-electron chi connectivity index (χ1n) is 12.5. The van der Waals surface area contributed by atoms with E-state index in [0.717, 1.165) is 24.7 Å². The number of amides is 2. The maximum absolute atomic E-state index is 13.5. The summed E-state index contributed by atoms with van der Waals surface area (Å²) < 4.78 is 26.2. The Morgan fingerprint density at radius 2 is 1.62 bits per heavy atom. The molecular formula is C27H37Cl2N3O4S. The summed E-state index contributed by atoms with van der Waals surface area (Å²) in [6.07, 6.45) is 3.66. The summed E-state index contributed by atoms with van der Waals surface area (Å²) in [5, 5.41) is 3.74. The third-order valence-corrected chi connectivity index (χ3v) is 7.98. The predicted octanol–water partition coefficient (Wildman–Crippen LogP) is 5.57. The number of carbonyl (C=O) groups excluding carboxylic acids is 2. The highest BCUT2D eigenvalue weighted by Crippen LogP contribution is 2.27. The van der Waals surface area contributed by atoms with Crippen molar-refractivity contribution >= 4 is 50.7 Å². The third kappa shape index (κ3) is 9.20. The standard InChI is InChI=1S/C27H37Cl2N3O4S/c1-5-7-17-30-27(34)25(6-2)31(19-22-23(28)10-8-11-24(22)29)26(33)12-9-18-32(37(4,35)36)21-15-13-20(3)14-16-21/h8,10-11,13-16,25H,5-7,9,12,17-19H2,1-4H3,(H,30,34). The second-order valence-electron chi connectivity index (χ2n) is 9.06. The van der Waals surface area contributed by atoms with E-state index in [2.05, 4.69) is 5.32 Å². The lowest BCUT2D eigenvalue weighted by Gasteiger charge is -2.31. The molecule has 0 heterocycles. The van der Waals surface area contributed by atoms with Crippen LogP contribution < -0.4 is 9.62 Å². The molecule has 0 aliphatic rings. The van der Waals surface area contributed by atoms with E-state index in [1.165, 1.54) is 9.21 Å². The van der Waals surface area contributed by atoms with Gasteiger partial charge in [0, 0.05) is 41.7 Å². The zero-order valence-corrected chi connectivity index (χ0v) is 24.3. The number of hydrogen-bond donors (Lipinski definition) is 1. The van der Waals surface area contributed by atoms with Crippen LogP contribution in [0.5, 0.6) is 0 Å². The number of aryl methyl sites for hydroxylation is 1. The fourth-order valence-corrected chi connectivity index (χ4v) is 5.48. The van der Waals surface area contributed by atoms with Crippen molar-refractivity contribution in [1.82, 2.24) is 10.2 Å². The van der Waals surface area contributed by atoms with Crippen molar-refractivity contribution in [3.63, 3.8) is 0 Å². The van der Waals surface area contributed by atoms with Crippen molar-refractivity contribution in [1.29, 1.82) is 0 Å². The Balaban J connectivity index is 2.24. The fraction of sp³-hybridized carbons (Fsp3) is 0.481. The van der Waals surface area contributed by atoms with E-state index in [9.17, 15) is 18.0 Å². The van der Waals surface area contributed by atoms with E-state index in [4.69, 9.17) is 23.2 Å². The van der Waals surface area contributed by atoms with Gasteiger partial charge in [0.05, 0.1) is 11.9 Å². The Morgan fingerprint density at radius 1 is 1.00 bits per heavy atom. The van der Waals surface area contributed by atoms with E-state index in [0.29, 0.717) is 34.3 Å². The van der Waals surface area contributed by atoms with Crippen LogP contribution in [0.2, 0.25) is 10.0 Å². The molecule has 1 unspecified atom stereocenters. The van der Waals surface area contributed by atoms with Gasteiger partial charge in [-0.15, -0.1) is 0 Å². The summed E-state index contributed by atoms with van der Waals surface area (Å²) in [5.41, 5.74) is 2.13. The normalized spacial score (nSPS) is 12.2. The van der Waals surface area contributed by atoms with Crippen LogP contribution >= 0.6 is 23.2 Å². The number of benzene rings is 2. The molecule has 0 radical (unpaired) electrons. The molecule has 0 aliphatic carbocycles. The van der Waals surface area contributed by atoms with Crippen LogP contribution in [0.25, 0.3) is 0 Å². The van der Waals surface area contributed by atoms with Crippen molar-refractivity contribution in [2.75, 3.05) is 23.7 Å². The van der Waals surface area contributed by atoms with Crippen molar-refractivity contribution < 1.29 is 18.0 Å². The summed E-state index contributed by atoms with van der Waals surface area (Å²) in [6, 6.07) is 11.6. The lowest BCUT2D eigenvalue weighted by molar-refractivity contribution is -0.141. The number of nitrogens with zero attached hydrogens (tertiary/aromatic N) is 2. The van der Waals surface area contributed by atoms with E-state index >= 15 is 0 Å². The van der Waals surface area contributed by atoms with Gasteiger partial charge in [-0.25, -0.2) is 8.42 Å². The highest BCUT2D eigenvalue weighted by Gasteiger charge is 2.29. The molecule has 2 amide bonds. The minimum absolute atomic E-state index is 0.0543. The van der Waals surface area contributed by atoms with Crippen LogP contribution in [0.1, 0.15) is 57.1 Å². The molecule has 0 fully saturated rings. The van der Waals surface area contributed by atoms with Gasteiger partial charge in [-0.2, -0.15) is 0 Å². The first kappa shape index (κ1) is 30.9. The molecule has 37 heavy (non-hydrogen) atoms. The Bertz CT molecular complexity index is 1140. The van der Waals surface area contributed by atoms with Crippen molar-refractivity contribution in [2.24, 2.45) is 0 Å². The maximum atomic E-state index is 13.5. The number of halogens is 2. The topological polar surface area (TPSA) is 86.8 Å². The van der Waals surface area contributed by atoms with E-state index < -0.39 is 16.1 Å². The van der Waals surface area contributed by atoms with Gasteiger partial charge in [-0.3, -0.25) is 13.9 Å². The average Bonchev–Trinajstić information content (AvgIpc) is 2.83. The first-order valence-corrected chi connectivity index (χ1v) is 15.1. The summed E-state index contributed by atoms with van der Waals surface area (Å²) in [5.74, 6) is -0.504. The van der Waals surface area contributed by atoms with Gasteiger partial charge in [0.15, 0.2) is 0 Å². The number of carbonyl (C=O) groups is 2. The molecule has 2 aromatic carbocycles. The number of anilines is 1. The van der Waals surface area contributed by atoms with Crippen LogP contribution in [0.4, 0.5) is 5.69 Å². The molecule has 0 saturated carbocycles. The summed E-state index contributed by atoms with van der Waals surface area (Å²) in [7, 11) is -3.55. The van der Waals surface area contributed by atoms with Crippen LogP contribution in [0.3, 0.4) is 0 Å². The van der Waals surface area contributed by atoms with E-state index in [-0.39, 0.29) is 37.7 Å². The molecule has 1 atom stereocenters. The third-order valence-electron chi connectivity index (χ3n) is 6.08. The second kappa shape index (κ2) is 14.6. The lowest BCUT2D eigenvalue weighted by atomic mass is 10.1. The lowest BCUT2D eigenvalue weighted by Crippen LogP contribution is -2.49. The second-order valence-corrected chi connectivity index (χ2v) is 11.8. The monoisotopic (exact) mass is 569 g/mol. The summed E-state index contributed by atoms with van der Waals surface area (Å²) in [6.45, 7) is 6.55. The molecule has 7 nitrogen and oxygen atoms in total. The fourth-order valence-electron chi connectivity index (χ4n) is 3.99. The molecule has 0 saturated heterocycles. The molecule has 1 N–H and O–H groups in total. The van der Waals surface area contributed by atoms with Gasteiger partial charge in [0.25, 0.3) is 0 Å². The molecule has 2 rings (SSSR count). The molecule has 0 aromatic heterocycles. The van der Waals surface area contributed by atoms with Gasteiger partial charge in [0.2, 0.25) is 21.8 Å². The van der Waals surface area contributed by atoms with Crippen LogP contribution in [0.15, 0.2) is 42.5 Å². The molecule has 10 heteroatoms. The highest BCUT2D eigenvalue weighted by molar-refractivity contribution is 7.92. The Morgan fingerprint density at radius 3 is 2.16 bits per heavy atom. The summed E-state index contributed by atoms with van der Waals surface area (Å²) >= 11 is 12.8. The number of hydrogen-bond acceptors (Lipinski definition) is 4. The van der Waals surface area contributed by atoms with Gasteiger partial charge in [0.1, 0.15) is 6.04 Å². The minimum atomic E-state index is -3.55. The van der Waals surface area contributed by atoms with E-state index in [1.807, 2.05) is 32.9 Å². The number of sulfonamides is 1. The van der Waals surface area contributed by atoms with E-state index in [1.54, 1.807) is 30.3 Å². The van der Waals surface area contributed by atoms with Crippen molar-refractivity contribution in [2.45, 2.75) is 65.5 Å². The zero-order chi connectivity index (χ0) is 27.6. The Labute approximate surface area is 231 Å². The van der Waals surface area contributed by atoms with Gasteiger partial charge >= 0.3 is 0 Å². The molecule has 0 bridgehead atoms. The first-order chi connectivity index (χ1) is 17.5. The number of rotatable bonds is 14. The zero-order valence-electron chi connectivity index (χ0n) is 22.0. The van der Waals surface area contributed by atoms with Gasteiger partial charge < -0.3 is 10.2 Å². The number of unbranched alkanes of at least 4 members (excludes halogenated alkanes) is 1. The Hall–Kier alpha value is -2.29. The van der Waals surface area contributed by atoms with Crippen LogP contribution in [0, 0.1) is 6.92 Å². The largest absolute Gasteiger partial charge is 0.354 e. The van der Waals surface area contributed by atoms with Crippen LogP contribution in [-0.4, -0.2) is 50.5 Å². The molecule has 0 spiro atoms. The molecule has 2 aromatic rings. The SMILES string of the molecule is CCCCNC(=O)C(CC)N(Cc1c(Cl)cccc1Cl)C(=O)CCCN(c1ccc(C)cc1)S(C)(=O)=O. The molecule has 0 aliphatic heterocycles. The molecule has 204 valence electrons.